The van der Waals surface area contributed by atoms with Gasteiger partial charge in [-0.25, -0.2) is 0 Å². The number of piperazine rings is 1. The molecule has 3 saturated heterocycles. The molecule has 3 fully saturated rings. The number of fused-ring (bicyclic) bond motifs is 1. The largest absolute Gasteiger partial charge is 0.496 e. The van der Waals surface area contributed by atoms with E-state index in [1.54, 1.807) is 7.11 Å². The standard InChI is InChI=1S/C21H33N3O/c1-17-13-23-11-5-6-20(23)16-24(17)14-18-7-8-21(25-2)19(12-18)15-22-9-3-4-10-22/h7-8,12,17,20H,3-6,9-11,13-16H2,1-2H3/t17-,20?/m0/s1. The molecule has 0 bridgehead atoms. The van der Waals surface area contributed by atoms with E-state index in [1.807, 2.05) is 0 Å². The minimum atomic E-state index is 0.651. The molecule has 3 aliphatic heterocycles. The molecule has 138 valence electrons. The van der Waals surface area contributed by atoms with Crippen LogP contribution in [0.3, 0.4) is 0 Å². The Morgan fingerprint density at radius 1 is 1.04 bits per heavy atom. The molecule has 4 rings (SSSR count). The monoisotopic (exact) mass is 343 g/mol. The van der Waals surface area contributed by atoms with E-state index < -0.39 is 0 Å². The Hall–Kier alpha value is -1.10. The van der Waals surface area contributed by atoms with Gasteiger partial charge in [-0.1, -0.05) is 6.07 Å². The van der Waals surface area contributed by atoms with E-state index in [0.29, 0.717) is 6.04 Å². The fraction of sp³-hybridized carbons (Fsp3) is 0.714. The van der Waals surface area contributed by atoms with Crippen LogP contribution in [0.4, 0.5) is 0 Å². The first-order valence-electron chi connectivity index (χ1n) is 10.1. The topological polar surface area (TPSA) is 19.0 Å². The number of benzene rings is 1. The van der Waals surface area contributed by atoms with Crippen LogP contribution in [0.2, 0.25) is 0 Å². The van der Waals surface area contributed by atoms with Gasteiger partial charge in [0.2, 0.25) is 0 Å². The van der Waals surface area contributed by atoms with E-state index in [1.165, 1.54) is 69.5 Å². The first-order chi connectivity index (χ1) is 12.2. The summed E-state index contributed by atoms with van der Waals surface area (Å²) in [6, 6.07) is 8.28. The summed E-state index contributed by atoms with van der Waals surface area (Å²) in [5, 5.41) is 0. The quantitative estimate of drug-likeness (QED) is 0.818. The van der Waals surface area contributed by atoms with Gasteiger partial charge in [-0.05, 0) is 69.9 Å². The lowest BCUT2D eigenvalue weighted by molar-refractivity contribution is 0.0540. The molecule has 3 aliphatic rings. The third kappa shape index (κ3) is 3.86. The number of rotatable bonds is 5. The fourth-order valence-electron chi connectivity index (χ4n) is 4.94. The van der Waals surface area contributed by atoms with Gasteiger partial charge < -0.3 is 4.74 Å². The maximum Gasteiger partial charge on any atom is 0.123 e. The normalized spacial score (nSPS) is 28.4. The second kappa shape index (κ2) is 7.65. The van der Waals surface area contributed by atoms with Crippen molar-refractivity contribution in [1.29, 1.82) is 0 Å². The van der Waals surface area contributed by atoms with E-state index in [9.17, 15) is 0 Å². The number of nitrogens with zero attached hydrogens (tertiary/aromatic N) is 3. The number of hydrogen-bond donors (Lipinski definition) is 0. The van der Waals surface area contributed by atoms with Gasteiger partial charge in [0.25, 0.3) is 0 Å². The second-order valence-electron chi connectivity index (χ2n) is 8.20. The average molecular weight is 344 g/mol. The minimum Gasteiger partial charge on any atom is -0.496 e. The lowest BCUT2D eigenvalue weighted by atomic mass is 10.0. The van der Waals surface area contributed by atoms with Crippen LogP contribution >= 0.6 is 0 Å². The molecule has 0 saturated carbocycles. The molecule has 4 heteroatoms. The third-order valence-electron chi connectivity index (χ3n) is 6.39. The third-order valence-corrected chi connectivity index (χ3v) is 6.39. The Morgan fingerprint density at radius 2 is 1.88 bits per heavy atom. The molecule has 2 atom stereocenters. The van der Waals surface area contributed by atoms with Crippen molar-refractivity contribution < 1.29 is 4.74 Å². The SMILES string of the molecule is COc1ccc(CN2CC3CCCN3C[C@@H]2C)cc1CN1CCCC1. The molecule has 0 aliphatic carbocycles. The van der Waals surface area contributed by atoms with Crippen LogP contribution in [-0.4, -0.2) is 66.6 Å². The van der Waals surface area contributed by atoms with Gasteiger partial charge in [0.15, 0.2) is 0 Å². The summed E-state index contributed by atoms with van der Waals surface area (Å²) in [5.41, 5.74) is 2.79. The van der Waals surface area contributed by atoms with Crippen LogP contribution in [0.15, 0.2) is 18.2 Å². The van der Waals surface area contributed by atoms with Gasteiger partial charge in [0.05, 0.1) is 7.11 Å². The lowest BCUT2D eigenvalue weighted by Crippen LogP contribution is -2.54. The van der Waals surface area contributed by atoms with Gasteiger partial charge >= 0.3 is 0 Å². The minimum absolute atomic E-state index is 0.651. The van der Waals surface area contributed by atoms with Crippen LogP contribution < -0.4 is 4.74 Å². The van der Waals surface area contributed by atoms with Gasteiger partial charge in [-0.15, -0.1) is 0 Å². The van der Waals surface area contributed by atoms with Crippen molar-refractivity contribution in [3.63, 3.8) is 0 Å². The molecule has 0 radical (unpaired) electrons. The zero-order chi connectivity index (χ0) is 17.2. The van der Waals surface area contributed by atoms with Crippen LogP contribution in [0, 0.1) is 0 Å². The molecule has 1 aromatic rings. The molecule has 25 heavy (non-hydrogen) atoms. The number of likely N-dealkylation sites (tertiary alicyclic amines) is 1. The number of methoxy groups -OCH3 is 1. The van der Waals surface area contributed by atoms with Crippen LogP contribution in [0.25, 0.3) is 0 Å². The molecule has 4 nitrogen and oxygen atoms in total. The number of ether oxygens (including phenoxy) is 1. The van der Waals surface area contributed by atoms with Gasteiger partial charge in [-0.3, -0.25) is 14.7 Å². The highest BCUT2D eigenvalue weighted by Crippen LogP contribution is 2.28. The molecule has 0 amide bonds. The average Bonchev–Trinajstić information content (AvgIpc) is 3.27. The van der Waals surface area contributed by atoms with Crippen molar-refractivity contribution in [2.24, 2.45) is 0 Å². The molecule has 1 aromatic carbocycles. The molecular formula is C21H33N3O. The summed E-state index contributed by atoms with van der Waals surface area (Å²) in [7, 11) is 1.80. The van der Waals surface area contributed by atoms with E-state index in [0.717, 1.165) is 24.9 Å². The smallest absolute Gasteiger partial charge is 0.123 e. The highest BCUT2D eigenvalue weighted by atomic mass is 16.5. The highest BCUT2D eigenvalue weighted by Gasteiger charge is 2.34. The summed E-state index contributed by atoms with van der Waals surface area (Å²) >= 11 is 0. The van der Waals surface area contributed by atoms with Crippen molar-refractivity contribution in [3.05, 3.63) is 29.3 Å². The molecule has 1 unspecified atom stereocenters. The lowest BCUT2D eigenvalue weighted by Gasteiger charge is -2.42. The highest BCUT2D eigenvalue weighted by molar-refractivity contribution is 5.37. The zero-order valence-corrected chi connectivity index (χ0v) is 15.9. The first-order valence-corrected chi connectivity index (χ1v) is 10.1. The summed E-state index contributed by atoms with van der Waals surface area (Å²) in [6.07, 6.45) is 5.44. The van der Waals surface area contributed by atoms with Crippen molar-refractivity contribution >= 4 is 0 Å². The fourth-order valence-corrected chi connectivity index (χ4v) is 4.94. The van der Waals surface area contributed by atoms with E-state index in [-0.39, 0.29) is 0 Å². The van der Waals surface area contributed by atoms with E-state index >= 15 is 0 Å². The summed E-state index contributed by atoms with van der Waals surface area (Å²) in [5.74, 6) is 1.05. The predicted octanol–water partition coefficient (Wildman–Crippen LogP) is 2.96. The summed E-state index contributed by atoms with van der Waals surface area (Å²) in [6.45, 7) is 10.7. The Balaban J connectivity index is 1.46. The maximum atomic E-state index is 5.63. The Bertz CT molecular complexity index is 585. The molecular weight excluding hydrogens is 310 g/mol. The van der Waals surface area contributed by atoms with Crippen LogP contribution in [-0.2, 0) is 13.1 Å². The van der Waals surface area contributed by atoms with Gasteiger partial charge in [-0.2, -0.15) is 0 Å². The molecule has 3 heterocycles. The van der Waals surface area contributed by atoms with Gasteiger partial charge in [0.1, 0.15) is 5.75 Å². The Morgan fingerprint density at radius 3 is 2.68 bits per heavy atom. The van der Waals surface area contributed by atoms with Crippen molar-refractivity contribution in [1.82, 2.24) is 14.7 Å². The summed E-state index contributed by atoms with van der Waals surface area (Å²) in [4.78, 5) is 7.95. The first kappa shape index (κ1) is 17.3. The van der Waals surface area contributed by atoms with E-state index in [2.05, 4.69) is 39.8 Å². The second-order valence-corrected chi connectivity index (χ2v) is 8.20. The van der Waals surface area contributed by atoms with Crippen LogP contribution in [0.5, 0.6) is 5.75 Å². The summed E-state index contributed by atoms with van der Waals surface area (Å²) < 4.78 is 5.63. The van der Waals surface area contributed by atoms with Crippen molar-refractivity contribution in [2.75, 3.05) is 39.8 Å². The zero-order valence-electron chi connectivity index (χ0n) is 15.9. The Kier molecular flexibility index (Phi) is 5.30. The molecule has 0 N–H and O–H groups in total. The van der Waals surface area contributed by atoms with Gasteiger partial charge in [0, 0.05) is 43.8 Å². The van der Waals surface area contributed by atoms with Crippen molar-refractivity contribution in [3.8, 4) is 5.75 Å². The predicted molar refractivity (Wildman–Crippen MR) is 102 cm³/mol. The van der Waals surface area contributed by atoms with Crippen LogP contribution in [0.1, 0.15) is 43.7 Å². The molecule has 0 aromatic heterocycles. The van der Waals surface area contributed by atoms with Crippen molar-refractivity contribution in [2.45, 2.75) is 57.8 Å². The molecule has 0 spiro atoms. The Labute approximate surface area is 152 Å². The van der Waals surface area contributed by atoms with E-state index in [4.69, 9.17) is 4.74 Å². The maximum absolute atomic E-state index is 5.63. The number of hydrogen-bond acceptors (Lipinski definition) is 4.